The molecular weight excluding hydrogens is 401 g/mol. The summed E-state index contributed by atoms with van der Waals surface area (Å²) in [5.41, 5.74) is -1.29. The van der Waals surface area contributed by atoms with Crippen molar-refractivity contribution in [1.82, 2.24) is 4.98 Å². The molecule has 28 heavy (non-hydrogen) atoms. The van der Waals surface area contributed by atoms with Crippen LogP contribution in [0.3, 0.4) is 0 Å². The molecule has 0 bridgehead atoms. The standard InChI is InChI=1S/C18H12F5N3OS/c19-12-5-4-10(6-11(12)18(21,22)23)24-16(27)9-7-26(8-9)17-25-15-13(20)2-1-3-14(15)28-17/h1-6,9H,7-8H2,(H,24,27). The molecule has 1 amide bonds. The summed E-state index contributed by atoms with van der Waals surface area (Å²) < 4.78 is 66.0. The molecule has 1 aromatic heterocycles. The summed E-state index contributed by atoms with van der Waals surface area (Å²) in [6.07, 6.45) is -4.85. The molecule has 0 atom stereocenters. The Balaban J connectivity index is 1.42. The number of benzene rings is 2. The largest absolute Gasteiger partial charge is 0.419 e. The maximum Gasteiger partial charge on any atom is 0.419 e. The van der Waals surface area contributed by atoms with Crippen molar-refractivity contribution in [1.29, 1.82) is 0 Å². The van der Waals surface area contributed by atoms with Crippen LogP contribution in [0, 0.1) is 17.6 Å². The number of carbonyl (C=O) groups excluding carboxylic acids is 1. The number of thiazole rings is 1. The van der Waals surface area contributed by atoms with Crippen molar-refractivity contribution in [3.63, 3.8) is 0 Å². The van der Waals surface area contributed by atoms with Crippen LogP contribution in [0.5, 0.6) is 0 Å². The topological polar surface area (TPSA) is 45.2 Å². The van der Waals surface area contributed by atoms with Crippen LogP contribution in [0.4, 0.5) is 32.8 Å². The minimum atomic E-state index is -4.85. The molecule has 4 rings (SSSR count). The molecule has 1 saturated heterocycles. The highest BCUT2D eigenvalue weighted by Crippen LogP contribution is 2.35. The Morgan fingerprint density at radius 2 is 1.89 bits per heavy atom. The second-order valence-corrected chi connectivity index (χ2v) is 7.38. The maximum absolute atomic E-state index is 13.7. The third-order valence-corrected chi connectivity index (χ3v) is 5.50. The van der Waals surface area contributed by atoms with Gasteiger partial charge >= 0.3 is 6.18 Å². The zero-order valence-corrected chi connectivity index (χ0v) is 14.9. The monoisotopic (exact) mass is 413 g/mol. The van der Waals surface area contributed by atoms with Gasteiger partial charge in [-0.2, -0.15) is 13.2 Å². The number of halogens is 5. The van der Waals surface area contributed by atoms with Crippen LogP contribution in [0.2, 0.25) is 0 Å². The molecule has 0 radical (unpaired) electrons. The molecule has 1 N–H and O–H groups in total. The van der Waals surface area contributed by atoms with Crippen LogP contribution in [-0.2, 0) is 11.0 Å². The van der Waals surface area contributed by atoms with E-state index < -0.39 is 35.2 Å². The summed E-state index contributed by atoms with van der Waals surface area (Å²) >= 11 is 1.30. The lowest BCUT2D eigenvalue weighted by Crippen LogP contribution is -2.52. The number of alkyl halides is 3. The van der Waals surface area contributed by atoms with Gasteiger partial charge in [0, 0.05) is 18.8 Å². The van der Waals surface area contributed by atoms with E-state index in [1.807, 2.05) is 0 Å². The fraction of sp³-hybridized carbons (Fsp3) is 0.222. The van der Waals surface area contributed by atoms with E-state index in [2.05, 4.69) is 10.3 Å². The molecule has 1 aliphatic rings. The summed E-state index contributed by atoms with van der Waals surface area (Å²) in [5.74, 6) is -2.76. The second kappa shape index (κ2) is 6.69. The predicted molar refractivity (Wildman–Crippen MR) is 95.3 cm³/mol. The van der Waals surface area contributed by atoms with E-state index >= 15 is 0 Å². The lowest BCUT2D eigenvalue weighted by molar-refractivity contribution is -0.140. The first-order valence-electron chi connectivity index (χ1n) is 8.20. The second-order valence-electron chi connectivity index (χ2n) is 6.37. The highest BCUT2D eigenvalue weighted by molar-refractivity contribution is 7.22. The molecule has 0 unspecified atom stereocenters. The number of anilines is 2. The number of rotatable bonds is 3. The van der Waals surface area contributed by atoms with Crippen LogP contribution in [-0.4, -0.2) is 24.0 Å². The van der Waals surface area contributed by atoms with Gasteiger partial charge in [0.05, 0.1) is 16.2 Å². The summed E-state index contributed by atoms with van der Waals surface area (Å²) in [5, 5.41) is 2.96. The van der Waals surface area contributed by atoms with E-state index in [-0.39, 0.29) is 11.2 Å². The molecular formula is C18H12F5N3OS. The average molecular weight is 413 g/mol. The molecule has 1 aliphatic heterocycles. The third-order valence-electron chi connectivity index (χ3n) is 4.42. The summed E-state index contributed by atoms with van der Waals surface area (Å²) in [7, 11) is 0. The lowest BCUT2D eigenvalue weighted by Gasteiger charge is -2.37. The summed E-state index contributed by atoms with van der Waals surface area (Å²) in [4.78, 5) is 18.3. The molecule has 4 nitrogen and oxygen atoms in total. The van der Waals surface area contributed by atoms with Gasteiger partial charge in [-0.1, -0.05) is 17.4 Å². The summed E-state index contributed by atoms with van der Waals surface area (Å²) in [6, 6.07) is 6.96. The van der Waals surface area contributed by atoms with Crippen molar-refractivity contribution >= 4 is 38.3 Å². The Kier molecular flexibility index (Phi) is 4.45. The quantitative estimate of drug-likeness (QED) is 0.635. The first-order valence-corrected chi connectivity index (χ1v) is 9.01. The maximum atomic E-state index is 13.7. The van der Waals surface area contributed by atoms with Crippen LogP contribution < -0.4 is 10.2 Å². The third kappa shape index (κ3) is 3.39. The lowest BCUT2D eigenvalue weighted by atomic mass is 10.00. The molecule has 0 spiro atoms. The fourth-order valence-electron chi connectivity index (χ4n) is 2.90. The number of amides is 1. The average Bonchev–Trinajstić information content (AvgIpc) is 2.99. The van der Waals surface area contributed by atoms with E-state index in [1.54, 1.807) is 17.0 Å². The van der Waals surface area contributed by atoms with Crippen molar-refractivity contribution in [2.75, 3.05) is 23.3 Å². The Labute approximate surface area is 159 Å². The highest BCUT2D eigenvalue weighted by atomic mass is 32.1. The van der Waals surface area contributed by atoms with E-state index in [4.69, 9.17) is 0 Å². The molecule has 10 heteroatoms. The zero-order valence-electron chi connectivity index (χ0n) is 14.1. The molecule has 2 heterocycles. The minimum Gasteiger partial charge on any atom is -0.346 e. The van der Waals surface area contributed by atoms with Gasteiger partial charge in [-0.25, -0.2) is 13.8 Å². The molecule has 0 saturated carbocycles. The van der Waals surface area contributed by atoms with Crippen LogP contribution in [0.25, 0.3) is 10.2 Å². The van der Waals surface area contributed by atoms with E-state index in [9.17, 15) is 26.7 Å². The van der Waals surface area contributed by atoms with Crippen molar-refractivity contribution in [2.45, 2.75) is 6.18 Å². The van der Waals surface area contributed by atoms with Gasteiger partial charge in [-0.3, -0.25) is 4.79 Å². The highest BCUT2D eigenvalue weighted by Gasteiger charge is 2.36. The first-order chi connectivity index (χ1) is 13.2. The first kappa shape index (κ1) is 18.6. The normalized spacial score (nSPS) is 15.0. The number of hydrogen-bond donors (Lipinski definition) is 1. The van der Waals surface area contributed by atoms with E-state index in [1.165, 1.54) is 17.4 Å². The van der Waals surface area contributed by atoms with Gasteiger partial charge in [0.25, 0.3) is 0 Å². The number of carbonyl (C=O) groups is 1. The van der Waals surface area contributed by atoms with Gasteiger partial charge in [-0.05, 0) is 30.3 Å². The van der Waals surface area contributed by atoms with Crippen molar-refractivity contribution in [3.05, 3.63) is 53.6 Å². The van der Waals surface area contributed by atoms with E-state index in [0.717, 1.165) is 6.07 Å². The predicted octanol–water partition coefficient (Wildman–Crippen LogP) is 4.67. The Hall–Kier alpha value is -2.75. The van der Waals surface area contributed by atoms with Gasteiger partial charge in [-0.15, -0.1) is 0 Å². The Morgan fingerprint density at radius 3 is 2.57 bits per heavy atom. The summed E-state index contributed by atoms with van der Waals surface area (Å²) in [6.45, 7) is 0.612. The number of hydrogen-bond acceptors (Lipinski definition) is 4. The fourth-order valence-corrected chi connectivity index (χ4v) is 3.90. The van der Waals surface area contributed by atoms with Gasteiger partial charge < -0.3 is 10.2 Å². The number of aromatic nitrogens is 1. The van der Waals surface area contributed by atoms with Crippen molar-refractivity contribution < 1.29 is 26.7 Å². The van der Waals surface area contributed by atoms with Crippen LogP contribution in [0.1, 0.15) is 5.56 Å². The van der Waals surface area contributed by atoms with Crippen molar-refractivity contribution in [2.24, 2.45) is 5.92 Å². The molecule has 1 fully saturated rings. The van der Waals surface area contributed by atoms with E-state index in [0.29, 0.717) is 35.1 Å². The SMILES string of the molecule is O=C(Nc1ccc(F)c(C(F)(F)F)c1)C1CN(c2nc3c(F)cccc3s2)C1. The Morgan fingerprint density at radius 1 is 1.14 bits per heavy atom. The van der Waals surface area contributed by atoms with Crippen LogP contribution in [0.15, 0.2) is 36.4 Å². The minimum absolute atomic E-state index is 0.126. The molecule has 0 aliphatic carbocycles. The number of fused-ring (bicyclic) bond motifs is 1. The molecule has 2 aromatic carbocycles. The smallest absolute Gasteiger partial charge is 0.346 e. The Bertz CT molecular complexity index is 1060. The van der Waals surface area contributed by atoms with Crippen LogP contribution >= 0.6 is 11.3 Å². The van der Waals surface area contributed by atoms with Crippen molar-refractivity contribution in [3.8, 4) is 0 Å². The number of nitrogens with one attached hydrogen (secondary N) is 1. The zero-order chi connectivity index (χ0) is 20.1. The van der Waals surface area contributed by atoms with Gasteiger partial charge in [0.1, 0.15) is 17.2 Å². The number of para-hydroxylation sites is 1. The molecule has 146 valence electrons. The van der Waals surface area contributed by atoms with Gasteiger partial charge in [0.15, 0.2) is 5.13 Å². The number of nitrogens with zero attached hydrogens (tertiary/aromatic N) is 2. The molecule has 3 aromatic rings. The van der Waals surface area contributed by atoms with Gasteiger partial charge in [0.2, 0.25) is 5.91 Å².